The molecule has 1 aliphatic heterocycles. The lowest BCUT2D eigenvalue weighted by atomic mass is 10.1. The van der Waals surface area contributed by atoms with Gasteiger partial charge in [0.25, 0.3) is 0 Å². The van der Waals surface area contributed by atoms with Crippen LogP contribution in [0.25, 0.3) is 0 Å². The number of aliphatic hydroxyl groups excluding tert-OH is 2. The Hall–Kier alpha value is -1.14. The van der Waals surface area contributed by atoms with Crippen molar-refractivity contribution in [2.45, 2.75) is 19.4 Å². The number of carbonyl (C=O) groups excluding carboxylic acids is 1. The van der Waals surface area contributed by atoms with E-state index < -0.39 is 18.4 Å². The van der Waals surface area contributed by atoms with Crippen LogP contribution in [0.5, 0.6) is 0 Å². The summed E-state index contributed by atoms with van der Waals surface area (Å²) < 4.78 is 4.76. The Morgan fingerprint density at radius 1 is 1.41 bits per heavy atom. The number of fused-ring (bicyclic) bond motifs is 1. The highest BCUT2D eigenvalue weighted by Gasteiger charge is 2.36. The zero-order valence-electron chi connectivity index (χ0n) is 9.13. The lowest BCUT2D eigenvalue weighted by Crippen LogP contribution is -2.29. The van der Waals surface area contributed by atoms with Crippen molar-refractivity contribution in [1.29, 1.82) is 0 Å². The molecule has 0 saturated heterocycles. The molecule has 0 amide bonds. The second-order valence-corrected chi connectivity index (χ2v) is 4.24. The van der Waals surface area contributed by atoms with Crippen LogP contribution in [0.3, 0.4) is 0 Å². The van der Waals surface area contributed by atoms with Crippen molar-refractivity contribution >= 4 is 17.6 Å². The molecule has 0 aromatic heterocycles. The topological polar surface area (TPSA) is 70.0 Å². The SMILES string of the molecule is CC(=O)OCN1C(O)c2ccc(Cl)cc2C1O. The summed E-state index contributed by atoms with van der Waals surface area (Å²) in [6.07, 6.45) is -2.03. The highest BCUT2D eigenvalue weighted by atomic mass is 35.5. The number of nitrogens with zero attached hydrogens (tertiary/aromatic N) is 1. The third kappa shape index (κ3) is 2.28. The van der Waals surface area contributed by atoms with E-state index in [0.29, 0.717) is 16.1 Å². The lowest BCUT2D eigenvalue weighted by Gasteiger charge is -2.22. The van der Waals surface area contributed by atoms with Gasteiger partial charge in [0.2, 0.25) is 0 Å². The highest BCUT2D eigenvalue weighted by Crippen LogP contribution is 2.39. The molecule has 6 heteroatoms. The molecule has 1 heterocycles. The Labute approximate surface area is 103 Å². The molecule has 0 aliphatic carbocycles. The van der Waals surface area contributed by atoms with Gasteiger partial charge in [0.15, 0.2) is 0 Å². The van der Waals surface area contributed by atoms with E-state index in [1.54, 1.807) is 18.2 Å². The quantitative estimate of drug-likeness (QED) is 0.778. The molecular weight excluding hydrogens is 246 g/mol. The Bertz CT molecular complexity index is 451. The normalized spacial score (nSPS) is 23.5. The molecule has 0 saturated carbocycles. The van der Waals surface area contributed by atoms with Crippen LogP contribution in [0.15, 0.2) is 18.2 Å². The molecule has 0 bridgehead atoms. The summed E-state index contributed by atoms with van der Waals surface area (Å²) in [6.45, 7) is 1.09. The maximum absolute atomic E-state index is 10.7. The standard InChI is InChI=1S/C11H12ClNO4/c1-6(14)17-5-13-10(15)8-3-2-7(12)4-9(8)11(13)16/h2-4,10-11,15-16H,5H2,1H3. The van der Waals surface area contributed by atoms with Crippen molar-refractivity contribution in [1.82, 2.24) is 4.90 Å². The number of rotatable bonds is 2. The molecule has 2 atom stereocenters. The second kappa shape index (κ2) is 4.62. The fourth-order valence-corrected chi connectivity index (χ4v) is 1.98. The van der Waals surface area contributed by atoms with Crippen LogP contribution in [0.2, 0.25) is 5.02 Å². The number of benzene rings is 1. The summed E-state index contributed by atoms with van der Waals surface area (Å²) >= 11 is 5.81. The van der Waals surface area contributed by atoms with Gasteiger partial charge in [-0.3, -0.25) is 4.79 Å². The molecule has 2 rings (SSSR count). The first-order valence-electron chi connectivity index (χ1n) is 5.05. The van der Waals surface area contributed by atoms with E-state index >= 15 is 0 Å². The monoisotopic (exact) mass is 257 g/mol. The minimum absolute atomic E-state index is 0.177. The summed E-state index contributed by atoms with van der Waals surface area (Å²) in [7, 11) is 0. The molecule has 2 N–H and O–H groups in total. The Morgan fingerprint density at radius 3 is 2.71 bits per heavy atom. The summed E-state index contributed by atoms with van der Waals surface area (Å²) in [5.41, 5.74) is 1.09. The fourth-order valence-electron chi connectivity index (χ4n) is 1.80. The summed E-state index contributed by atoms with van der Waals surface area (Å²) in [5, 5.41) is 20.4. The van der Waals surface area contributed by atoms with Crippen molar-refractivity contribution in [3.63, 3.8) is 0 Å². The summed E-state index contributed by atoms with van der Waals surface area (Å²) in [4.78, 5) is 12.0. The van der Waals surface area contributed by atoms with E-state index in [4.69, 9.17) is 16.3 Å². The molecule has 1 aromatic rings. The van der Waals surface area contributed by atoms with E-state index in [1.165, 1.54) is 11.8 Å². The minimum atomic E-state index is -1.03. The summed E-state index contributed by atoms with van der Waals surface area (Å²) in [6, 6.07) is 4.85. The number of halogens is 1. The predicted molar refractivity (Wildman–Crippen MR) is 59.8 cm³/mol. The number of aliphatic hydroxyl groups is 2. The minimum Gasteiger partial charge on any atom is -0.450 e. The van der Waals surface area contributed by atoms with Crippen LogP contribution in [0, 0.1) is 0 Å². The first kappa shape index (κ1) is 12.3. The maximum atomic E-state index is 10.7. The van der Waals surface area contributed by atoms with Crippen LogP contribution in [-0.2, 0) is 9.53 Å². The van der Waals surface area contributed by atoms with E-state index in [0.717, 1.165) is 0 Å². The molecular formula is C11H12ClNO4. The molecule has 1 aromatic carbocycles. The number of hydrogen-bond acceptors (Lipinski definition) is 5. The van der Waals surface area contributed by atoms with Crippen molar-refractivity contribution in [3.05, 3.63) is 34.3 Å². The number of carbonyl (C=O) groups is 1. The lowest BCUT2D eigenvalue weighted by molar-refractivity contribution is -0.165. The predicted octanol–water partition coefficient (Wildman–Crippen LogP) is 1.16. The van der Waals surface area contributed by atoms with Crippen molar-refractivity contribution < 1.29 is 19.7 Å². The third-order valence-electron chi connectivity index (χ3n) is 2.65. The zero-order valence-corrected chi connectivity index (χ0v) is 9.89. The Kier molecular flexibility index (Phi) is 3.35. The smallest absolute Gasteiger partial charge is 0.303 e. The van der Waals surface area contributed by atoms with Gasteiger partial charge in [-0.1, -0.05) is 17.7 Å². The van der Waals surface area contributed by atoms with Crippen molar-refractivity contribution in [2.24, 2.45) is 0 Å². The van der Waals surface area contributed by atoms with Gasteiger partial charge >= 0.3 is 5.97 Å². The van der Waals surface area contributed by atoms with Crippen LogP contribution in [0.4, 0.5) is 0 Å². The fraction of sp³-hybridized carbons (Fsp3) is 0.364. The van der Waals surface area contributed by atoms with E-state index in [2.05, 4.69) is 0 Å². The second-order valence-electron chi connectivity index (χ2n) is 3.80. The summed E-state index contributed by atoms with van der Waals surface area (Å²) in [5.74, 6) is -0.474. The first-order chi connectivity index (χ1) is 8.00. The van der Waals surface area contributed by atoms with Gasteiger partial charge in [-0.2, -0.15) is 0 Å². The van der Waals surface area contributed by atoms with Crippen LogP contribution < -0.4 is 0 Å². The molecule has 92 valence electrons. The largest absolute Gasteiger partial charge is 0.450 e. The van der Waals surface area contributed by atoms with Gasteiger partial charge < -0.3 is 14.9 Å². The van der Waals surface area contributed by atoms with E-state index in [9.17, 15) is 15.0 Å². The van der Waals surface area contributed by atoms with Crippen LogP contribution in [0.1, 0.15) is 30.5 Å². The number of hydrogen-bond donors (Lipinski definition) is 2. The Balaban J connectivity index is 2.22. The average molecular weight is 258 g/mol. The molecule has 2 unspecified atom stereocenters. The van der Waals surface area contributed by atoms with Crippen molar-refractivity contribution in [3.8, 4) is 0 Å². The van der Waals surface area contributed by atoms with E-state index in [-0.39, 0.29) is 6.73 Å². The molecule has 1 aliphatic rings. The molecule has 0 spiro atoms. The third-order valence-corrected chi connectivity index (χ3v) is 2.89. The maximum Gasteiger partial charge on any atom is 0.303 e. The van der Waals surface area contributed by atoms with Gasteiger partial charge in [0.05, 0.1) is 0 Å². The zero-order chi connectivity index (χ0) is 12.6. The number of ether oxygens (including phenoxy) is 1. The van der Waals surface area contributed by atoms with Gasteiger partial charge in [0.1, 0.15) is 19.2 Å². The molecule has 5 nitrogen and oxygen atoms in total. The average Bonchev–Trinajstić information content (AvgIpc) is 2.49. The van der Waals surface area contributed by atoms with Crippen molar-refractivity contribution in [2.75, 3.05) is 6.73 Å². The first-order valence-corrected chi connectivity index (χ1v) is 5.43. The van der Waals surface area contributed by atoms with Gasteiger partial charge in [-0.05, 0) is 12.1 Å². The van der Waals surface area contributed by atoms with Crippen LogP contribution in [-0.4, -0.2) is 27.8 Å². The number of esters is 1. The van der Waals surface area contributed by atoms with Crippen LogP contribution >= 0.6 is 11.6 Å². The molecule has 0 fully saturated rings. The highest BCUT2D eigenvalue weighted by molar-refractivity contribution is 6.30. The Morgan fingerprint density at radius 2 is 2.06 bits per heavy atom. The van der Waals surface area contributed by atoms with Gasteiger partial charge in [-0.15, -0.1) is 0 Å². The van der Waals surface area contributed by atoms with E-state index in [1.807, 2.05) is 0 Å². The van der Waals surface area contributed by atoms with Gasteiger partial charge in [-0.25, -0.2) is 4.90 Å². The molecule has 17 heavy (non-hydrogen) atoms. The molecule has 0 radical (unpaired) electrons. The van der Waals surface area contributed by atoms with Gasteiger partial charge in [0, 0.05) is 23.1 Å².